The van der Waals surface area contributed by atoms with Crippen LogP contribution in [-0.4, -0.2) is 15.2 Å². The molecule has 30 heavy (non-hydrogen) atoms. The van der Waals surface area contributed by atoms with E-state index in [1.54, 1.807) is 49.4 Å². The fraction of sp³-hybridized carbons (Fsp3) is 0.0500. The molecule has 1 atom stereocenters. The maximum Gasteiger partial charge on any atom is 0.331 e. The first-order valence-electron chi connectivity index (χ1n) is 8.54. The maximum atomic E-state index is 12.6. The lowest BCUT2D eigenvalue weighted by Gasteiger charge is -2.09. The Morgan fingerprint density at radius 2 is 2.07 bits per heavy atom. The summed E-state index contributed by atoms with van der Waals surface area (Å²) < 4.78 is 20.4. The Morgan fingerprint density at radius 1 is 1.30 bits per heavy atom. The number of carbonyl (C=O) groups excluding carboxylic acids is 1. The number of benzene rings is 1. The number of hydrogen-bond acceptors (Lipinski definition) is 6. The van der Waals surface area contributed by atoms with E-state index in [2.05, 4.69) is 21.6 Å². The number of carbonyl (C=O) groups is 1. The lowest BCUT2D eigenvalue weighted by Crippen LogP contribution is -2.30. The zero-order valence-corrected chi connectivity index (χ0v) is 18.1. The number of halogens is 1. The molecular formula is C20H16ClN3O4S2. The monoisotopic (exact) mass is 461 g/mol. The number of rotatable bonds is 6. The second-order valence-corrected chi connectivity index (χ2v) is 9.06. The van der Waals surface area contributed by atoms with E-state index in [9.17, 15) is 13.8 Å². The number of thioether (sulfide) groups is 1. The molecule has 0 aliphatic carbocycles. The molecule has 7 nitrogen and oxygen atoms in total. The molecule has 0 fully saturated rings. The smallest absolute Gasteiger partial charge is 0.331 e. The summed E-state index contributed by atoms with van der Waals surface area (Å²) in [6, 6.07) is 9.38. The molecule has 154 valence electrons. The molecule has 2 aromatic heterocycles. The minimum absolute atomic E-state index is 0.185. The molecule has 2 N–H and O–H groups in total. The van der Waals surface area contributed by atoms with E-state index < -0.39 is 17.0 Å². The highest BCUT2D eigenvalue weighted by molar-refractivity contribution is 8.19. The van der Waals surface area contributed by atoms with Gasteiger partial charge in [0.15, 0.2) is 11.0 Å². The van der Waals surface area contributed by atoms with Crippen LogP contribution in [0.5, 0.6) is 0 Å². The SMILES string of the molecule is C=C(S/C(Cl)=C\C)S(=O)NC(=O)Nc1ccc(-c2coc3ccccc3c2=O)nc1. The van der Waals surface area contributed by atoms with Gasteiger partial charge in [0.05, 0.1) is 37.1 Å². The van der Waals surface area contributed by atoms with Gasteiger partial charge in [0, 0.05) is 0 Å². The van der Waals surface area contributed by atoms with E-state index in [0.717, 1.165) is 11.8 Å². The first-order valence-corrected chi connectivity index (χ1v) is 10.9. The van der Waals surface area contributed by atoms with Crippen molar-refractivity contribution in [1.82, 2.24) is 9.71 Å². The number of para-hydroxylation sites is 1. The maximum absolute atomic E-state index is 12.6. The molecule has 3 aromatic rings. The van der Waals surface area contributed by atoms with Crippen molar-refractivity contribution in [2.75, 3.05) is 5.32 Å². The fourth-order valence-electron chi connectivity index (χ4n) is 2.39. The van der Waals surface area contributed by atoms with Crippen molar-refractivity contribution in [1.29, 1.82) is 0 Å². The van der Waals surface area contributed by atoms with Crippen molar-refractivity contribution in [3.05, 3.63) is 80.3 Å². The van der Waals surface area contributed by atoms with Crippen LogP contribution in [0.4, 0.5) is 10.5 Å². The zero-order valence-electron chi connectivity index (χ0n) is 15.7. The summed E-state index contributed by atoms with van der Waals surface area (Å²) in [5.41, 5.74) is 1.34. The van der Waals surface area contributed by atoms with Gasteiger partial charge in [-0.15, -0.1) is 0 Å². The Labute approximate surface area is 183 Å². The summed E-state index contributed by atoms with van der Waals surface area (Å²) in [4.78, 5) is 28.9. The molecule has 0 spiro atoms. The molecule has 1 unspecified atom stereocenters. The van der Waals surface area contributed by atoms with E-state index in [4.69, 9.17) is 16.0 Å². The third-order valence-electron chi connectivity index (χ3n) is 3.81. The molecule has 0 bridgehead atoms. The highest BCUT2D eigenvalue weighted by atomic mass is 35.5. The third kappa shape index (κ3) is 5.18. The number of aromatic nitrogens is 1. The number of anilines is 1. The molecule has 1 aromatic carbocycles. The highest BCUT2D eigenvalue weighted by Gasteiger charge is 2.13. The van der Waals surface area contributed by atoms with E-state index in [-0.39, 0.29) is 9.67 Å². The number of nitrogens with zero attached hydrogens (tertiary/aromatic N) is 1. The summed E-state index contributed by atoms with van der Waals surface area (Å²) in [5.74, 6) is 0. The van der Waals surface area contributed by atoms with Gasteiger partial charge in [-0.1, -0.05) is 48.2 Å². The number of urea groups is 1. The van der Waals surface area contributed by atoms with Crippen LogP contribution in [0.2, 0.25) is 0 Å². The summed E-state index contributed by atoms with van der Waals surface area (Å²) >= 11 is 6.84. The standard InChI is InChI=1S/C20H16ClN3O4S2/c1-3-18(21)29-12(2)30(27)24-20(26)23-13-8-9-16(22-10-13)15-11-28-17-7-5-4-6-14(17)19(15)25/h3-11H,2H2,1H3,(H2,23,24,26)/b18-3-. The number of nitrogens with one attached hydrogen (secondary N) is 2. The van der Waals surface area contributed by atoms with Crippen molar-refractivity contribution in [3.63, 3.8) is 0 Å². The number of pyridine rings is 1. The average molecular weight is 462 g/mol. The van der Waals surface area contributed by atoms with Gasteiger partial charge >= 0.3 is 6.03 Å². The largest absolute Gasteiger partial charge is 0.463 e. The molecule has 0 radical (unpaired) electrons. The first-order chi connectivity index (χ1) is 14.4. The first kappa shape index (κ1) is 21.8. The average Bonchev–Trinajstić information content (AvgIpc) is 2.74. The van der Waals surface area contributed by atoms with Crippen LogP contribution < -0.4 is 15.5 Å². The zero-order chi connectivity index (χ0) is 21.7. The van der Waals surface area contributed by atoms with Crippen LogP contribution in [0.15, 0.2) is 79.3 Å². The predicted octanol–water partition coefficient (Wildman–Crippen LogP) is 4.94. The van der Waals surface area contributed by atoms with E-state index >= 15 is 0 Å². The second kappa shape index (κ2) is 9.75. The quantitative estimate of drug-likeness (QED) is 0.538. The molecular weight excluding hydrogens is 446 g/mol. The number of allylic oxidation sites excluding steroid dienone is 1. The highest BCUT2D eigenvalue weighted by Crippen LogP contribution is 2.28. The normalized spacial score (nSPS) is 12.4. The van der Waals surface area contributed by atoms with Crippen LogP contribution >= 0.6 is 23.4 Å². The van der Waals surface area contributed by atoms with E-state index in [1.807, 2.05) is 0 Å². The van der Waals surface area contributed by atoms with Gasteiger partial charge < -0.3 is 9.73 Å². The van der Waals surface area contributed by atoms with E-state index in [1.165, 1.54) is 12.5 Å². The van der Waals surface area contributed by atoms with Gasteiger partial charge in [-0.25, -0.2) is 9.00 Å². The van der Waals surface area contributed by atoms with Crippen LogP contribution in [0.1, 0.15) is 6.92 Å². The summed E-state index contributed by atoms with van der Waals surface area (Å²) in [7, 11) is -1.83. The molecule has 0 saturated heterocycles. The number of fused-ring (bicyclic) bond motifs is 1. The molecule has 0 aliphatic heterocycles. The summed E-state index contributed by atoms with van der Waals surface area (Å²) in [6.45, 7) is 5.35. The Bertz CT molecular complexity index is 1220. The van der Waals surface area contributed by atoms with Crippen molar-refractivity contribution in [2.45, 2.75) is 6.92 Å². The minimum Gasteiger partial charge on any atom is -0.463 e. The Hall–Kier alpha value is -2.88. The Kier molecular flexibility index (Phi) is 7.09. The fourth-order valence-corrected chi connectivity index (χ4v) is 4.17. The topological polar surface area (TPSA) is 101 Å². The van der Waals surface area contributed by atoms with Crippen molar-refractivity contribution >= 4 is 57.0 Å². The van der Waals surface area contributed by atoms with Gasteiger partial charge in [0.1, 0.15) is 11.8 Å². The van der Waals surface area contributed by atoms with Gasteiger partial charge in [0.2, 0.25) is 5.43 Å². The summed E-state index contributed by atoms with van der Waals surface area (Å²) in [6.07, 6.45) is 4.36. The molecule has 0 saturated carbocycles. The van der Waals surface area contributed by atoms with Gasteiger partial charge in [-0.05, 0) is 31.2 Å². The lowest BCUT2D eigenvalue weighted by atomic mass is 10.1. The molecule has 10 heteroatoms. The van der Waals surface area contributed by atoms with Gasteiger partial charge in [-0.3, -0.25) is 14.5 Å². The number of hydrogen-bond donors (Lipinski definition) is 2. The van der Waals surface area contributed by atoms with Gasteiger partial charge in [0.25, 0.3) is 0 Å². The third-order valence-corrected chi connectivity index (χ3v) is 6.40. The Morgan fingerprint density at radius 3 is 2.77 bits per heavy atom. The second-order valence-electron chi connectivity index (χ2n) is 5.80. The predicted molar refractivity (Wildman–Crippen MR) is 122 cm³/mol. The number of amides is 2. The molecule has 0 aliphatic rings. The van der Waals surface area contributed by atoms with Crippen molar-refractivity contribution in [3.8, 4) is 11.3 Å². The van der Waals surface area contributed by atoms with Crippen LogP contribution in [0, 0.1) is 0 Å². The summed E-state index contributed by atoms with van der Waals surface area (Å²) in [5, 5.41) is 2.97. The molecule has 2 heterocycles. The van der Waals surface area contributed by atoms with Crippen molar-refractivity contribution < 1.29 is 13.4 Å². The van der Waals surface area contributed by atoms with Crippen LogP contribution in [0.25, 0.3) is 22.2 Å². The van der Waals surface area contributed by atoms with E-state index in [0.29, 0.717) is 32.3 Å². The lowest BCUT2D eigenvalue weighted by molar-refractivity contribution is 0.257. The minimum atomic E-state index is -1.83. The van der Waals surface area contributed by atoms with Crippen LogP contribution in [0.3, 0.4) is 0 Å². The molecule has 3 rings (SSSR count). The Balaban J connectivity index is 1.68. The van der Waals surface area contributed by atoms with Gasteiger partial charge in [-0.2, -0.15) is 0 Å². The van der Waals surface area contributed by atoms with Crippen LogP contribution in [-0.2, 0) is 11.0 Å². The molecule has 2 amide bonds. The van der Waals surface area contributed by atoms with Crippen molar-refractivity contribution in [2.24, 2.45) is 0 Å².